The van der Waals surface area contributed by atoms with Crippen molar-refractivity contribution in [2.75, 3.05) is 10.9 Å². The van der Waals surface area contributed by atoms with Crippen LogP contribution < -0.4 is 151 Å². The topological polar surface area (TPSA) is 374 Å². The Balaban J connectivity index is 0. The molecule has 0 aliphatic heterocycles. The molecule has 0 aromatic heterocycles. The van der Waals surface area contributed by atoms with E-state index in [1.54, 1.807) is 0 Å². The summed E-state index contributed by atoms with van der Waals surface area (Å²) in [6, 6.07) is 4.24. The molecule has 2 aliphatic carbocycles. The predicted molar refractivity (Wildman–Crippen MR) is 154 cm³/mol. The van der Waals surface area contributed by atoms with Crippen LogP contribution >= 0.6 is 0 Å². The fourth-order valence-electron chi connectivity index (χ4n) is 4.03. The molecule has 9 N–H and O–H groups in total. The summed E-state index contributed by atoms with van der Waals surface area (Å²) >= 11 is 0. The second kappa shape index (κ2) is 20.2. The number of carbonyl (C=O) groups is 1. The molecule has 4 rings (SSSR count). The average Bonchev–Trinajstić information content (AvgIpc) is 2.95. The number of nitro benzene ring substituents is 1. The zero-order valence-electron chi connectivity index (χ0n) is 27.2. The molecule has 0 bridgehead atoms. The van der Waals surface area contributed by atoms with Crippen LogP contribution in [0.4, 0.5) is 17.1 Å². The van der Waals surface area contributed by atoms with Crippen molar-refractivity contribution in [3.8, 4) is 11.5 Å². The molecule has 2 aromatic carbocycles. The molecular formula is C23H16FeN6Na4O16S3+4. The maximum absolute atomic E-state index is 13.4. The number of nitro groups is 1. The number of benzene rings is 2. The Kier molecular flexibility index (Phi) is 20.5. The van der Waals surface area contributed by atoms with Gasteiger partial charge in [0.25, 0.3) is 36.0 Å². The number of phenols is 2. The molecule has 260 valence electrons. The molecular weight excluding hydrogens is 860 g/mol. The van der Waals surface area contributed by atoms with Gasteiger partial charge in [0.05, 0.1) is 15.2 Å². The summed E-state index contributed by atoms with van der Waals surface area (Å²) < 4.78 is 99.7. The minimum Gasteiger partial charge on any atom is -0.505 e. The summed E-state index contributed by atoms with van der Waals surface area (Å²) in [7, 11) is -15.7. The van der Waals surface area contributed by atoms with Gasteiger partial charge in [-0.15, -0.1) is 0 Å². The Morgan fingerprint density at radius 2 is 1.25 bits per heavy atom. The molecule has 0 fully saturated rings. The van der Waals surface area contributed by atoms with E-state index in [2.05, 4.69) is 15.6 Å². The fourth-order valence-corrected chi connectivity index (χ4v) is 5.84. The summed E-state index contributed by atoms with van der Waals surface area (Å²) in [6.07, 6.45) is 0. The Labute approximate surface area is 394 Å². The molecule has 30 heteroatoms. The van der Waals surface area contributed by atoms with Crippen molar-refractivity contribution in [3.63, 3.8) is 0 Å². The van der Waals surface area contributed by atoms with Gasteiger partial charge in [0.2, 0.25) is 5.43 Å². The van der Waals surface area contributed by atoms with Gasteiger partial charge in [-0.3, -0.25) is 44.8 Å². The summed E-state index contributed by atoms with van der Waals surface area (Å²) in [4.78, 5) is 31.4. The minimum absolute atomic E-state index is 0. The largest absolute Gasteiger partial charge is 1.00 e. The molecule has 0 unspecified atom stereocenters. The second-order valence-corrected chi connectivity index (χ2v) is 13.5. The first-order chi connectivity index (χ1) is 22.0. The van der Waals surface area contributed by atoms with Crippen molar-refractivity contribution in [1.82, 2.24) is 0 Å². The normalized spacial score (nSPS) is 11.8. The average molecular weight is 876 g/mol. The van der Waals surface area contributed by atoms with E-state index >= 15 is 0 Å². The monoisotopic (exact) mass is 876 g/mol. The Bertz CT molecular complexity index is 2750. The van der Waals surface area contributed by atoms with Crippen molar-refractivity contribution < 1.29 is 199 Å². The summed E-state index contributed by atoms with van der Waals surface area (Å²) in [5, 5.41) is 53.2. The number of nitrogens with one attached hydrogen (secondary N) is 3. The van der Waals surface area contributed by atoms with Gasteiger partial charge in [-0.25, -0.2) is 4.79 Å². The van der Waals surface area contributed by atoms with Crippen LogP contribution in [-0.2, 0) is 47.4 Å². The van der Waals surface area contributed by atoms with Gasteiger partial charge in [0.15, 0.2) is 16.9 Å². The molecule has 0 amide bonds. The number of non-ortho nitro benzene ring substituents is 1. The number of aromatic carboxylic acids is 1. The third kappa shape index (κ3) is 12.1. The Morgan fingerprint density at radius 1 is 0.736 bits per heavy atom. The number of nitrogens with zero attached hydrogens (tertiary/aromatic N) is 3. The minimum atomic E-state index is -5.42. The first kappa shape index (κ1) is 53.8. The Morgan fingerprint density at radius 3 is 1.72 bits per heavy atom. The summed E-state index contributed by atoms with van der Waals surface area (Å²) in [5.74, 6) is -4.27. The van der Waals surface area contributed by atoms with Gasteiger partial charge in [0, 0.05) is 39.6 Å². The van der Waals surface area contributed by atoms with Crippen molar-refractivity contribution in [2.45, 2.75) is 14.7 Å². The molecule has 0 radical (unpaired) electrons. The number of anilines is 2. The van der Waals surface area contributed by atoms with E-state index in [-0.39, 0.29) is 141 Å². The maximum atomic E-state index is 13.4. The molecule has 0 atom stereocenters. The third-order valence-electron chi connectivity index (χ3n) is 6.20. The van der Waals surface area contributed by atoms with Crippen molar-refractivity contribution in [1.29, 1.82) is 5.41 Å². The van der Waals surface area contributed by atoms with Crippen molar-refractivity contribution >= 4 is 53.4 Å². The number of carboxylic acid groups (broad SMARTS) is 1. The van der Waals surface area contributed by atoms with Crippen LogP contribution in [0, 0.1) is 26.0 Å². The quantitative estimate of drug-likeness (QED) is 0.0248. The van der Waals surface area contributed by atoms with Crippen LogP contribution in [0.1, 0.15) is 10.4 Å². The molecule has 2 aromatic rings. The molecule has 0 heterocycles. The summed E-state index contributed by atoms with van der Waals surface area (Å²) in [5.41, 5.74) is -1.12. The number of hydrogen-bond donors (Lipinski definition) is 9. The zero-order chi connectivity index (χ0) is 36.1. The van der Waals surface area contributed by atoms with Crippen molar-refractivity contribution in [3.05, 3.63) is 94.9 Å². The summed E-state index contributed by atoms with van der Waals surface area (Å²) in [6.45, 7) is 0. The van der Waals surface area contributed by atoms with Gasteiger partial charge >= 0.3 is 124 Å². The van der Waals surface area contributed by atoms with E-state index in [0.717, 1.165) is 12.1 Å². The van der Waals surface area contributed by atoms with E-state index in [4.69, 9.17) is 5.41 Å². The molecule has 0 saturated carbocycles. The zero-order valence-corrected chi connectivity index (χ0v) is 38.8. The Hall–Kier alpha value is -1.34. The van der Waals surface area contributed by atoms with Crippen LogP contribution in [0.2, 0.25) is 0 Å². The molecule has 22 nitrogen and oxygen atoms in total. The smallest absolute Gasteiger partial charge is 0.505 e. The van der Waals surface area contributed by atoms with Gasteiger partial charge in [-0.05, 0) is 30.3 Å². The van der Waals surface area contributed by atoms with Gasteiger partial charge in [-0.1, -0.05) is 0 Å². The van der Waals surface area contributed by atoms with Gasteiger partial charge in [-0.2, -0.15) is 35.5 Å². The number of hydrogen-bond acceptors (Lipinski definition) is 17. The van der Waals surface area contributed by atoms with Crippen LogP contribution in [0.5, 0.6) is 11.5 Å². The van der Waals surface area contributed by atoms with Crippen LogP contribution in [0.25, 0.3) is 0 Å². The van der Waals surface area contributed by atoms with E-state index in [1.807, 2.05) is 5.43 Å². The predicted octanol–water partition coefficient (Wildman–Crippen LogP) is -13.2. The molecule has 2 aliphatic rings. The van der Waals surface area contributed by atoms with Crippen LogP contribution in [-0.4, -0.2) is 65.1 Å². The van der Waals surface area contributed by atoms with Crippen molar-refractivity contribution in [2.24, 2.45) is 10.2 Å². The van der Waals surface area contributed by atoms with Gasteiger partial charge in [0.1, 0.15) is 32.1 Å². The SMILES string of the molecule is N=c1ccc2c(=O)c(=NNc3cc([N+](=O)[O-])cc(S(=O)(=O)O)c3O)c(S(=O)(=O)O)cc=2/c1=N\Nc1cc(S(=O)(=O)O)cc(C(=O)O)c1O.[Fe].[Na+].[Na+].[Na+].[Na+]. The molecule has 0 spiro atoms. The van der Waals surface area contributed by atoms with Gasteiger partial charge < -0.3 is 15.3 Å². The number of carboxylic acids is 1. The van der Waals surface area contributed by atoms with Crippen LogP contribution in [0.15, 0.2) is 72.1 Å². The number of rotatable bonds is 9. The molecule has 53 heavy (non-hydrogen) atoms. The standard InChI is InChI=1S/C23H16N6O16S3.Fe.4Na/c24-13-2-1-10-11(18(13)27-26-15-6-9(46(37,38)39)5-12(20(15)30)23(33)34)7-16(47(40,41)42)19(21(10)31)28-25-14-3-8(29(35)36)4-17(22(14)32)48(43,44)45;;;;;/h1-7,24-26,30,32H,(H,33,34)(H,37,38,39)(H,40,41,42)(H,43,44,45);;;;;/q;;4*+1/b24-13?,27-18+,28-19?;;;;;. The fraction of sp³-hybridized carbons (Fsp3) is 0. The second-order valence-electron chi connectivity index (χ2n) is 9.25. The van der Waals surface area contributed by atoms with E-state index in [9.17, 15) is 73.9 Å². The molecule has 0 saturated heterocycles. The first-order valence-electron chi connectivity index (χ1n) is 12.0. The first-order valence-corrected chi connectivity index (χ1v) is 16.3. The van der Waals surface area contributed by atoms with E-state index in [0.29, 0.717) is 24.3 Å². The van der Waals surface area contributed by atoms with E-state index < -0.39 is 122 Å². The number of phenolic OH excluding ortho intramolecular Hbond substituents is 1. The van der Waals surface area contributed by atoms with Crippen LogP contribution in [0.3, 0.4) is 0 Å². The number of aromatic hydroxyl groups is 2. The third-order valence-corrected chi connectivity index (χ3v) is 8.77. The van der Waals surface area contributed by atoms with E-state index in [1.165, 1.54) is 0 Å². The maximum Gasteiger partial charge on any atom is 1.00 e.